The Morgan fingerprint density at radius 2 is 1.74 bits per heavy atom. The number of rotatable bonds is 9. The first-order valence-corrected chi connectivity index (χ1v) is 10.4. The van der Waals surface area contributed by atoms with Crippen LogP contribution in [0.15, 0.2) is 54.9 Å². The minimum atomic E-state index is -2.96. The van der Waals surface area contributed by atoms with Crippen molar-refractivity contribution in [2.24, 2.45) is 0 Å². The number of aromatic carboxylic acids is 1. The van der Waals surface area contributed by atoms with Crippen LogP contribution in [0.1, 0.15) is 61.0 Å². The molecule has 11 heteroatoms. The maximum absolute atomic E-state index is 12.7. The average Bonchev–Trinajstić information content (AvgIpc) is 2.82. The summed E-state index contributed by atoms with van der Waals surface area (Å²) in [5, 5.41) is 14.5. The summed E-state index contributed by atoms with van der Waals surface area (Å²) >= 11 is 0. The van der Waals surface area contributed by atoms with Gasteiger partial charge in [0.15, 0.2) is 0 Å². The summed E-state index contributed by atoms with van der Waals surface area (Å²) in [5.74, 6) is -2.21. The molecule has 0 saturated heterocycles. The molecule has 0 bridgehead atoms. The molecule has 2 aromatic carbocycles. The van der Waals surface area contributed by atoms with E-state index in [0.717, 1.165) is 6.33 Å². The zero-order valence-electron chi connectivity index (χ0n) is 18.8. The van der Waals surface area contributed by atoms with E-state index in [1.807, 2.05) is 0 Å². The number of benzene rings is 2. The van der Waals surface area contributed by atoms with E-state index in [1.165, 1.54) is 30.3 Å². The van der Waals surface area contributed by atoms with Gasteiger partial charge in [-0.1, -0.05) is 24.3 Å². The third kappa shape index (κ3) is 6.79. The highest BCUT2D eigenvalue weighted by Crippen LogP contribution is 2.18. The number of nitrogens with one attached hydrogen (secondary N) is 2. The number of carbonyl (C=O) groups is 3. The molecular weight excluding hydrogens is 462 g/mol. The Hall–Kier alpha value is -4.41. The van der Waals surface area contributed by atoms with Crippen LogP contribution in [0.25, 0.3) is 0 Å². The van der Waals surface area contributed by atoms with Crippen LogP contribution in [0, 0.1) is 6.92 Å². The lowest BCUT2D eigenvalue weighted by Gasteiger charge is -2.15. The first kappa shape index (κ1) is 25.2. The average molecular weight is 484 g/mol. The van der Waals surface area contributed by atoms with Crippen LogP contribution < -0.4 is 15.4 Å². The molecule has 0 aliphatic heterocycles. The van der Waals surface area contributed by atoms with Crippen molar-refractivity contribution in [2.75, 3.05) is 0 Å². The van der Waals surface area contributed by atoms with Crippen molar-refractivity contribution in [1.82, 2.24) is 20.6 Å². The van der Waals surface area contributed by atoms with E-state index in [4.69, 9.17) is 5.11 Å². The monoisotopic (exact) mass is 484 g/mol. The van der Waals surface area contributed by atoms with Crippen LogP contribution in [0.5, 0.6) is 5.75 Å². The van der Waals surface area contributed by atoms with Gasteiger partial charge in [-0.25, -0.2) is 14.8 Å². The van der Waals surface area contributed by atoms with Gasteiger partial charge in [-0.2, -0.15) is 8.78 Å². The zero-order valence-corrected chi connectivity index (χ0v) is 18.8. The summed E-state index contributed by atoms with van der Waals surface area (Å²) < 4.78 is 29.1. The Balaban J connectivity index is 1.63. The Morgan fingerprint density at radius 1 is 1.03 bits per heavy atom. The second kappa shape index (κ2) is 11.1. The second-order valence-electron chi connectivity index (χ2n) is 7.57. The molecule has 0 unspecified atom stereocenters. The Morgan fingerprint density at radius 3 is 2.40 bits per heavy atom. The van der Waals surface area contributed by atoms with Crippen LogP contribution in [0.3, 0.4) is 0 Å². The number of carboxylic acid groups (broad SMARTS) is 1. The lowest BCUT2D eigenvalue weighted by Crippen LogP contribution is -2.29. The minimum absolute atomic E-state index is 0.0214. The van der Waals surface area contributed by atoms with Crippen LogP contribution in [0.2, 0.25) is 0 Å². The first-order valence-electron chi connectivity index (χ1n) is 10.4. The number of amides is 2. The van der Waals surface area contributed by atoms with Crippen molar-refractivity contribution in [1.29, 1.82) is 0 Å². The van der Waals surface area contributed by atoms with Gasteiger partial charge in [-0.05, 0) is 48.7 Å². The molecule has 182 valence electrons. The van der Waals surface area contributed by atoms with E-state index >= 15 is 0 Å². The summed E-state index contributed by atoms with van der Waals surface area (Å²) in [6.07, 6.45) is 1.08. The lowest BCUT2D eigenvalue weighted by molar-refractivity contribution is -0.0499. The summed E-state index contributed by atoms with van der Waals surface area (Å²) in [6.45, 7) is 0.460. The van der Waals surface area contributed by atoms with E-state index in [0.29, 0.717) is 16.7 Å². The summed E-state index contributed by atoms with van der Waals surface area (Å²) in [5.41, 5.74) is 1.87. The topological polar surface area (TPSA) is 131 Å². The largest absolute Gasteiger partial charge is 0.478 e. The molecule has 1 atom stereocenters. The summed E-state index contributed by atoms with van der Waals surface area (Å²) in [6, 6.07) is 11.4. The van der Waals surface area contributed by atoms with E-state index in [1.54, 1.807) is 32.0 Å². The highest BCUT2D eigenvalue weighted by atomic mass is 19.3. The van der Waals surface area contributed by atoms with Crippen molar-refractivity contribution in [3.05, 3.63) is 88.5 Å². The van der Waals surface area contributed by atoms with Gasteiger partial charge in [-0.15, -0.1) is 0 Å². The standard InChI is InChI=1S/C24H22F2N4O5/c1-13-8-16(6-7-18(13)23(33)34)14(2)30-22(32)20-10-19(28-12-29-20)21(31)27-11-15-4-3-5-17(9-15)35-24(25)26/h3-10,12,14,24H,11H2,1-2H3,(H,27,31)(H,30,32)(H,33,34)/t14-/m0/s1. The summed E-state index contributed by atoms with van der Waals surface area (Å²) in [7, 11) is 0. The lowest BCUT2D eigenvalue weighted by atomic mass is 10.0. The SMILES string of the molecule is Cc1cc([C@H](C)NC(=O)c2cc(C(=O)NCc3cccc(OC(F)F)c3)ncn2)ccc1C(=O)O. The highest BCUT2D eigenvalue weighted by molar-refractivity contribution is 5.97. The Labute approximate surface area is 199 Å². The molecule has 1 aromatic heterocycles. The molecule has 3 aromatic rings. The predicted octanol–water partition coefficient (Wildman–Crippen LogP) is 3.51. The fourth-order valence-corrected chi connectivity index (χ4v) is 3.26. The molecule has 0 aliphatic carbocycles. The molecule has 0 spiro atoms. The Bertz CT molecular complexity index is 1250. The van der Waals surface area contributed by atoms with E-state index in [2.05, 4.69) is 25.3 Å². The van der Waals surface area contributed by atoms with Crippen LogP contribution in [-0.4, -0.2) is 39.5 Å². The van der Waals surface area contributed by atoms with Gasteiger partial charge in [0, 0.05) is 12.6 Å². The molecule has 0 fully saturated rings. The molecular formula is C24H22F2N4O5. The number of hydrogen-bond donors (Lipinski definition) is 3. The van der Waals surface area contributed by atoms with E-state index in [-0.39, 0.29) is 29.2 Å². The fourth-order valence-electron chi connectivity index (χ4n) is 3.26. The number of aromatic nitrogens is 2. The van der Waals surface area contributed by atoms with Crippen LogP contribution in [-0.2, 0) is 6.54 Å². The molecule has 0 saturated carbocycles. The number of alkyl halides is 2. The number of nitrogens with zero attached hydrogens (tertiary/aromatic N) is 2. The maximum Gasteiger partial charge on any atom is 0.387 e. The number of aryl methyl sites for hydroxylation is 1. The second-order valence-corrected chi connectivity index (χ2v) is 7.57. The smallest absolute Gasteiger partial charge is 0.387 e. The van der Waals surface area contributed by atoms with Gasteiger partial charge in [0.1, 0.15) is 23.5 Å². The summed E-state index contributed by atoms with van der Waals surface area (Å²) in [4.78, 5) is 44.1. The maximum atomic E-state index is 12.7. The molecule has 35 heavy (non-hydrogen) atoms. The van der Waals surface area contributed by atoms with Gasteiger partial charge < -0.3 is 20.5 Å². The molecule has 2 amide bonds. The van der Waals surface area contributed by atoms with E-state index < -0.39 is 30.4 Å². The molecule has 1 heterocycles. The van der Waals surface area contributed by atoms with Crippen molar-refractivity contribution in [3.63, 3.8) is 0 Å². The van der Waals surface area contributed by atoms with Gasteiger partial charge in [0.05, 0.1) is 11.6 Å². The molecule has 0 radical (unpaired) electrons. The zero-order chi connectivity index (χ0) is 25.5. The molecule has 3 rings (SSSR count). The predicted molar refractivity (Wildman–Crippen MR) is 120 cm³/mol. The van der Waals surface area contributed by atoms with Gasteiger partial charge >= 0.3 is 12.6 Å². The van der Waals surface area contributed by atoms with Gasteiger partial charge in [0.2, 0.25) is 0 Å². The van der Waals surface area contributed by atoms with Gasteiger partial charge in [0.25, 0.3) is 11.8 Å². The quantitative estimate of drug-likeness (QED) is 0.424. The number of halogens is 2. The Kier molecular flexibility index (Phi) is 8.03. The minimum Gasteiger partial charge on any atom is -0.478 e. The first-order chi connectivity index (χ1) is 16.6. The number of hydrogen-bond acceptors (Lipinski definition) is 6. The van der Waals surface area contributed by atoms with Gasteiger partial charge in [-0.3, -0.25) is 9.59 Å². The van der Waals surface area contributed by atoms with Crippen molar-refractivity contribution in [2.45, 2.75) is 33.0 Å². The normalized spacial score (nSPS) is 11.6. The number of ether oxygens (including phenoxy) is 1. The van der Waals surface area contributed by atoms with Crippen molar-refractivity contribution >= 4 is 17.8 Å². The molecule has 9 nitrogen and oxygen atoms in total. The number of carboxylic acids is 1. The third-order valence-electron chi connectivity index (χ3n) is 5.04. The third-order valence-corrected chi connectivity index (χ3v) is 5.04. The van der Waals surface area contributed by atoms with Crippen LogP contribution in [0.4, 0.5) is 8.78 Å². The van der Waals surface area contributed by atoms with Crippen molar-refractivity contribution < 1.29 is 33.0 Å². The highest BCUT2D eigenvalue weighted by Gasteiger charge is 2.17. The molecule has 3 N–H and O–H groups in total. The molecule has 0 aliphatic rings. The van der Waals surface area contributed by atoms with Crippen LogP contribution >= 0.6 is 0 Å². The number of carbonyl (C=O) groups excluding carboxylic acids is 2. The van der Waals surface area contributed by atoms with Crippen molar-refractivity contribution in [3.8, 4) is 5.75 Å². The fraction of sp³-hybridized carbons (Fsp3) is 0.208. The van der Waals surface area contributed by atoms with E-state index in [9.17, 15) is 23.2 Å².